The van der Waals surface area contributed by atoms with Crippen molar-refractivity contribution in [1.82, 2.24) is 24.5 Å². The number of carbonyl (C=O) groups is 1. The monoisotopic (exact) mass is 605 g/mol. The maximum Gasteiger partial charge on any atom is 0.255 e. The maximum atomic E-state index is 13.6. The highest BCUT2D eigenvalue weighted by molar-refractivity contribution is 7.92. The molecule has 11 nitrogen and oxygen atoms in total. The van der Waals surface area contributed by atoms with Crippen molar-refractivity contribution in [3.8, 4) is 22.8 Å². The van der Waals surface area contributed by atoms with E-state index in [1.54, 1.807) is 28.9 Å². The third-order valence-electron chi connectivity index (χ3n) is 7.46. The zero-order valence-corrected chi connectivity index (χ0v) is 26.7. The van der Waals surface area contributed by atoms with E-state index in [-0.39, 0.29) is 28.8 Å². The van der Waals surface area contributed by atoms with Crippen LogP contribution in [0.3, 0.4) is 0 Å². The van der Waals surface area contributed by atoms with Crippen molar-refractivity contribution < 1.29 is 17.9 Å². The number of hydrogen-bond donors (Lipinski definition) is 2. The first-order valence-electron chi connectivity index (χ1n) is 14.3. The van der Waals surface area contributed by atoms with E-state index >= 15 is 0 Å². The predicted molar refractivity (Wildman–Crippen MR) is 168 cm³/mol. The fourth-order valence-corrected chi connectivity index (χ4v) is 5.64. The third kappa shape index (κ3) is 6.43. The molecular formula is C31H39N7O4S. The highest BCUT2D eigenvalue weighted by Gasteiger charge is 2.31. The maximum absolute atomic E-state index is 13.6. The van der Waals surface area contributed by atoms with Crippen LogP contribution in [-0.4, -0.2) is 52.2 Å². The summed E-state index contributed by atoms with van der Waals surface area (Å²) in [7, 11) is -2.17. The van der Waals surface area contributed by atoms with Crippen molar-refractivity contribution in [2.75, 3.05) is 23.4 Å². The lowest BCUT2D eigenvalue weighted by Gasteiger charge is -2.24. The number of nitrogens with one attached hydrogen (secondary N) is 2. The van der Waals surface area contributed by atoms with E-state index in [1.807, 2.05) is 46.2 Å². The number of amides is 1. The van der Waals surface area contributed by atoms with Crippen LogP contribution in [0.4, 0.5) is 11.4 Å². The molecule has 1 saturated carbocycles. The molecule has 0 spiro atoms. The number of benzene rings is 2. The largest absolute Gasteiger partial charge is 0.492 e. The standard InChI is InChI=1S/C31H39N7O4S/c1-18(2)38-27(16-32-29(38)20-11-12-20)25-17-37(36-34-25)26-13-21(10-9-19(26)3)30(39)33-23-14-22(31(4,5)6)15-24(28(23)42-7)35-43(8,40)41/h9-10,13-18,20,35H,11-12H2,1-8H3,(H,33,39). The second kappa shape index (κ2) is 11.1. The molecule has 43 heavy (non-hydrogen) atoms. The van der Waals surface area contributed by atoms with Gasteiger partial charge in [0, 0.05) is 17.5 Å². The predicted octanol–water partition coefficient (Wildman–Crippen LogP) is 5.83. The van der Waals surface area contributed by atoms with Crippen LogP contribution in [0.5, 0.6) is 5.75 Å². The van der Waals surface area contributed by atoms with Crippen LogP contribution < -0.4 is 14.8 Å². The van der Waals surface area contributed by atoms with Crippen LogP contribution in [0.1, 0.15) is 86.7 Å². The molecule has 1 fully saturated rings. The SMILES string of the molecule is COc1c(NC(=O)c2ccc(C)c(-n3cc(-c4cnc(C5CC5)n4C(C)C)nn3)c2)cc(C(C)(C)C)cc1NS(C)(=O)=O. The Hall–Kier alpha value is -4.19. The molecule has 12 heteroatoms. The second-order valence-electron chi connectivity index (χ2n) is 12.5. The molecule has 4 aromatic rings. The minimum atomic E-state index is -3.60. The van der Waals surface area contributed by atoms with Gasteiger partial charge in [0.15, 0.2) is 5.75 Å². The number of imidazole rings is 1. The summed E-state index contributed by atoms with van der Waals surface area (Å²) in [5.74, 6) is 1.43. The van der Waals surface area contributed by atoms with Crippen molar-refractivity contribution >= 4 is 27.3 Å². The number of carbonyl (C=O) groups excluding carboxylic acids is 1. The molecule has 0 unspecified atom stereocenters. The summed E-state index contributed by atoms with van der Waals surface area (Å²) in [5.41, 5.74) is 4.72. The summed E-state index contributed by atoms with van der Waals surface area (Å²) in [5, 5.41) is 11.8. The van der Waals surface area contributed by atoms with Crippen LogP contribution in [0.2, 0.25) is 0 Å². The van der Waals surface area contributed by atoms with Gasteiger partial charge >= 0.3 is 0 Å². The van der Waals surface area contributed by atoms with Crippen LogP contribution in [-0.2, 0) is 15.4 Å². The molecule has 2 N–H and O–H groups in total. The van der Waals surface area contributed by atoms with Crippen LogP contribution in [0.25, 0.3) is 17.1 Å². The molecule has 0 saturated heterocycles. The molecule has 0 atom stereocenters. The van der Waals surface area contributed by atoms with E-state index in [0.717, 1.165) is 41.7 Å². The molecule has 2 aromatic carbocycles. The number of aryl methyl sites for hydroxylation is 1. The number of ether oxygens (including phenoxy) is 1. The first-order chi connectivity index (χ1) is 20.2. The molecule has 1 amide bonds. The van der Waals surface area contributed by atoms with Gasteiger partial charge in [-0.25, -0.2) is 18.1 Å². The number of methoxy groups -OCH3 is 1. The van der Waals surface area contributed by atoms with Gasteiger partial charge in [0.1, 0.15) is 11.5 Å². The minimum Gasteiger partial charge on any atom is -0.492 e. The number of hydrogen-bond acceptors (Lipinski definition) is 7. The van der Waals surface area contributed by atoms with Crippen molar-refractivity contribution in [2.45, 2.75) is 71.8 Å². The number of aromatic nitrogens is 5. The van der Waals surface area contributed by atoms with E-state index in [2.05, 4.69) is 38.8 Å². The average Bonchev–Trinajstić information content (AvgIpc) is 3.46. The van der Waals surface area contributed by atoms with Gasteiger partial charge in [0.2, 0.25) is 10.0 Å². The van der Waals surface area contributed by atoms with E-state index in [1.165, 1.54) is 7.11 Å². The smallest absolute Gasteiger partial charge is 0.255 e. The summed E-state index contributed by atoms with van der Waals surface area (Å²) < 4.78 is 36.2. The fourth-order valence-electron chi connectivity index (χ4n) is 5.09. The van der Waals surface area contributed by atoms with Crippen molar-refractivity contribution in [1.29, 1.82) is 0 Å². The molecule has 0 aliphatic heterocycles. The number of anilines is 2. The van der Waals surface area contributed by atoms with Gasteiger partial charge in [-0.2, -0.15) is 0 Å². The summed E-state index contributed by atoms with van der Waals surface area (Å²) >= 11 is 0. The second-order valence-corrected chi connectivity index (χ2v) is 14.2. The molecule has 0 radical (unpaired) electrons. The summed E-state index contributed by atoms with van der Waals surface area (Å²) in [6.07, 6.45) is 7.11. The fraction of sp³-hybridized carbons (Fsp3) is 0.419. The first-order valence-corrected chi connectivity index (χ1v) is 16.2. The van der Waals surface area contributed by atoms with Gasteiger partial charge in [-0.15, -0.1) is 5.10 Å². The zero-order chi connectivity index (χ0) is 31.3. The van der Waals surface area contributed by atoms with Crippen molar-refractivity contribution in [3.63, 3.8) is 0 Å². The normalized spacial score (nSPS) is 13.8. The van der Waals surface area contributed by atoms with Gasteiger partial charge in [-0.1, -0.05) is 32.1 Å². The van der Waals surface area contributed by atoms with E-state index in [0.29, 0.717) is 28.6 Å². The van der Waals surface area contributed by atoms with Gasteiger partial charge < -0.3 is 14.6 Å². The van der Waals surface area contributed by atoms with Gasteiger partial charge in [-0.3, -0.25) is 9.52 Å². The molecular weight excluding hydrogens is 566 g/mol. The van der Waals surface area contributed by atoms with Crippen LogP contribution >= 0.6 is 0 Å². The minimum absolute atomic E-state index is 0.215. The Bertz CT molecular complexity index is 1790. The molecule has 1 aliphatic carbocycles. The lowest BCUT2D eigenvalue weighted by Crippen LogP contribution is -2.18. The molecule has 0 bridgehead atoms. The Morgan fingerprint density at radius 3 is 2.42 bits per heavy atom. The number of rotatable bonds is 9. The lowest BCUT2D eigenvalue weighted by atomic mass is 9.86. The first kappa shape index (κ1) is 30.3. The highest BCUT2D eigenvalue weighted by Crippen LogP contribution is 2.42. The quantitative estimate of drug-likeness (QED) is 0.245. The van der Waals surface area contributed by atoms with Gasteiger partial charge in [0.25, 0.3) is 5.91 Å². The van der Waals surface area contributed by atoms with Crippen molar-refractivity contribution in [2.24, 2.45) is 0 Å². The Labute approximate surface area is 252 Å². The van der Waals surface area contributed by atoms with Gasteiger partial charge in [-0.05, 0) is 74.4 Å². The van der Waals surface area contributed by atoms with Crippen molar-refractivity contribution in [3.05, 3.63) is 65.2 Å². The van der Waals surface area contributed by atoms with E-state index in [4.69, 9.17) is 9.72 Å². The molecule has 228 valence electrons. The van der Waals surface area contributed by atoms with Crippen LogP contribution in [0, 0.1) is 6.92 Å². The topological polar surface area (TPSA) is 133 Å². The molecule has 2 aromatic heterocycles. The summed E-state index contributed by atoms with van der Waals surface area (Å²) in [6.45, 7) is 12.2. The van der Waals surface area contributed by atoms with Gasteiger partial charge in [0.05, 0.1) is 48.5 Å². The molecule has 2 heterocycles. The third-order valence-corrected chi connectivity index (χ3v) is 8.05. The average molecular weight is 606 g/mol. The Morgan fingerprint density at radius 2 is 1.81 bits per heavy atom. The lowest BCUT2D eigenvalue weighted by molar-refractivity contribution is 0.102. The molecule has 1 aliphatic rings. The Kier molecular flexibility index (Phi) is 7.84. The van der Waals surface area contributed by atoms with E-state index in [9.17, 15) is 13.2 Å². The number of sulfonamides is 1. The Morgan fingerprint density at radius 1 is 1.12 bits per heavy atom. The highest BCUT2D eigenvalue weighted by atomic mass is 32.2. The van der Waals surface area contributed by atoms with Crippen LogP contribution in [0.15, 0.2) is 42.7 Å². The summed E-state index contributed by atoms with van der Waals surface area (Å²) in [6, 6.07) is 9.10. The Balaban J connectivity index is 1.48. The van der Waals surface area contributed by atoms with E-state index < -0.39 is 10.0 Å². The number of nitrogens with zero attached hydrogens (tertiary/aromatic N) is 5. The summed E-state index contributed by atoms with van der Waals surface area (Å²) in [4.78, 5) is 18.3. The zero-order valence-electron chi connectivity index (χ0n) is 25.9. The molecule has 5 rings (SSSR count).